The van der Waals surface area contributed by atoms with Crippen LogP contribution in [0.2, 0.25) is 0 Å². The van der Waals surface area contributed by atoms with Crippen LogP contribution in [-0.4, -0.2) is 38.0 Å². The number of nitrogen functional groups attached to an aromatic ring is 1. The second-order valence-electron chi connectivity index (χ2n) is 5.26. The fraction of sp³-hybridized carbons (Fsp3) is 0.235. The molecular weight excluding hydrogens is 262 g/mol. The fourth-order valence-corrected chi connectivity index (χ4v) is 2.03. The number of anilines is 1. The van der Waals surface area contributed by atoms with Crippen molar-refractivity contribution >= 4 is 11.6 Å². The highest BCUT2D eigenvalue weighted by Gasteiger charge is 2.05. The lowest BCUT2D eigenvalue weighted by molar-refractivity contribution is 0.0951. The number of likely N-dealkylation sites (N-methyl/N-ethyl adjacent to an activating group) is 1. The maximum absolute atomic E-state index is 12.0. The minimum absolute atomic E-state index is 0.0454. The summed E-state index contributed by atoms with van der Waals surface area (Å²) in [6.07, 6.45) is 0. The van der Waals surface area contributed by atoms with Crippen molar-refractivity contribution in [3.63, 3.8) is 0 Å². The van der Waals surface area contributed by atoms with Crippen molar-refractivity contribution in [2.75, 3.05) is 32.9 Å². The van der Waals surface area contributed by atoms with Crippen LogP contribution in [0.3, 0.4) is 0 Å². The van der Waals surface area contributed by atoms with Gasteiger partial charge in [0.1, 0.15) is 0 Å². The van der Waals surface area contributed by atoms with Crippen LogP contribution in [-0.2, 0) is 0 Å². The normalized spacial score (nSPS) is 10.6. The predicted octanol–water partition coefficient (Wildman–Crippen LogP) is 2.23. The zero-order valence-corrected chi connectivity index (χ0v) is 12.5. The molecule has 2 rings (SSSR count). The zero-order valence-electron chi connectivity index (χ0n) is 12.5. The summed E-state index contributed by atoms with van der Waals surface area (Å²) in [6, 6.07) is 15.3. The molecule has 0 atom stereocenters. The first-order valence-corrected chi connectivity index (χ1v) is 6.95. The highest BCUT2D eigenvalue weighted by atomic mass is 16.1. The van der Waals surface area contributed by atoms with Crippen molar-refractivity contribution in [1.29, 1.82) is 0 Å². The van der Waals surface area contributed by atoms with Gasteiger partial charge < -0.3 is 16.0 Å². The Bertz CT molecular complexity index is 606. The van der Waals surface area contributed by atoms with Gasteiger partial charge in [0.05, 0.1) is 0 Å². The van der Waals surface area contributed by atoms with Gasteiger partial charge in [0, 0.05) is 24.3 Å². The maximum atomic E-state index is 12.0. The summed E-state index contributed by atoms with van der Waals surface area (Å²) in [7, 11) is 3.96. The molecule has 3 N–H and O–H groups in total. The topological polar surface area (TPSA) is 58.4 Å². The molecule has 0 spiro atoms. The van der Waals surface area contributed by atoms with E-state index in [4.69, 9.17) is 5.73 Å². The molecule has 0 aromatic heterocycles. The highest BCUT2D eigenvalue weighted by molar-refractivity contribution is 5.94. The lowest BCUT2D eigenvalue weighted by atomic mass is 10.0. The van der Waals surface area contributed by atoms with Gasteiger partial charge in [0.25, 0.3) is 5.91 Å². The first-order chi connectivity index (χ1) is 10.1. The summed E-state index contributed by atoms with van der Waals surface area (Å²) >= 11 is 0. The Morgan fingerprint density at radius 3 is 2.43 bits per heavy atom. The number of amides is 1. The second-order valence-corrected chi connectivity index (χ2v) is 5.26. The van der Waals surface area contributed by atoms with Gasteiger partial charge >= 0.3 is 0 Å². The Morgan fingerprint density at radius 2 is 1.81 bits per heavy atom. The van der Waals surface area contributed by atoms with Gasteiger partial charge in [-0.1, -0.05) is 24.3 Å². The summed E-state index contributed by atoms with van der Waals surface area (Å²) in [4.78, 5) is 14.0. The fourth-order valence-electron chi connectivity index (χ4n) is 2.03. The van der Waals surface area contributed by atoms with Gasteiger partial charge in [-0.3, -0.25) is 4.79 Å². The van der Waals surface area contributed by atoms with Crippen molar-refractivity contribution in [2.45, 2.75) is 0 Å². The SMILES string of the molecule is CN(C)CCNC(=O)c1ccc(-c2cccc(N)c2)cc1. The van der Waals surface area contributed by atoms with E-state index in [1.807, 2.05) is 67.5 Å². The monoisotopic (exact) mass is 283 g/mol. The van der Waals surface area contributed by atoms with Gasteiger partial charge in [0.15, 0.2) is 0 Å². The maximum Gasteiger partial charge on any atom is 0.251 e. The van der Waals surface area contributed by atoms with Gasteiger partial charge in [-0.15, -0.1) is 0 Å². The third-order valence-corrected chi connectivity index (χ3v) is 3.21. The molecule has 0 aliphatic heterocycles. The molecule has 0 saturated heterocycles. The van der Waals surface area contributed by atoms with Crippen molar-refractivity contribution in [3.05, 3.63) is 54.1 Å². The summed E-state index contributed by atoms with van der Waals surface area (Å²) in [6.45, 7) is 1.47. The van der Waals surface area contributed by atoms with Crippen LogP contribution in [0.25, 0.3) is 11.1 Å². The number of carbonyl (C=O) groups is 1. The highest BCUT2D eigenvalue weighted by Crippen LogP contribution is 2.21. The summed E-state index contributed by atoms with van der Waals surface area (Å²) in [5.74, 6) is -0.0454. The molecule has 110 valence electrons. The van der Waals surface area contributed by atoms with Crippen LogP contribution in [0.1, 0.15) is 10.4 Å². The molecule has 0 fully saturated rings. The molecule has 2 aromatic carbocycles. The van der Waals surface area contributed by atoms with Crippen LogP contribution in [0.4, 0.5) is 5.69 Å². The minimum Gasteiger partial charge on any atom is -0.399 e. The van der Waals surface area contributed by atoms with E-state index in [2.05, 4.69) is 5.32 Å². The Kier molecular flexibility index (Phi) is 4.95. The molecule has 0 unspecified atom stereocenters. The van der Waals surface area contributed by atoms with E-state index in [1.165, 1.54) is 0 Å². The van der Waals surface area contributed by atoms with E-state index >= 15 is 0 Å². The van der Waals surface area contributed by atoms with Crippen LogP contribution < -0.4 is 11.1 Å². The van der Waals surface area contributed by atoms with E-state index in [0.29, 0.717) is 12.1 Å². The predicted molar refractivity (Wildman–Crippen MR) is 87.2 cm³/mol. The largest absolute Gasteiger partial charge is 0.399 e. The van der Waals surface area contributed by atoms with E-state index in [9.17, 15) is 4.79 Å². The minimum atomic E-state index is -0.0454. The van der Waals surface area contributed by atoms with Gasteiger partial charge in [0.2, 0.25) is 0 Å². The van der Waals surface area contributed by atoms with Crippen LogP contribution in [0.5, 0.6) is 0 Å². The molecule has 1 amide bonds. The summed E-state index contributed by atoms with van der Waals surface area (Å²) in [5, 5.41) is 2.90. The molecule has 0 radical (unpaired) electrons. The average Bonchev–Trinajstić information content (AvgIpc) is 2.47. The average molecular weight is 283 g/mol. The third kappa shape index (κ3) is 4.33. The molecule has 4 nitrogen and oxygen atoms in total. The molecule has 4 heteroatoms. The summed E-state index contributed by atoms with van der Waals surface area (Å²) in [5.41, 5.74) is 9.29. The van der Waals surface area contributed by atoms with E-state index in [1.54, 1.807) is 0 Å². The van der Waals surface area contributed by atoms with Gasteiger partial charge in [-0.25, -0.2) is 0 Å². The number of carbonyl (C=O) groups excluding carboxylic acids is 1. The Morgan fingerprint density at radius 1 is 1.10 bits per heavy atom. The van der Waals surface area contributed by atoms with Crippen LogP contribution in [0.15, 0.2) is 48.5 Å². The zero-order chi connectivity index (χ0) is 15.2. The number of benzene rings is 2. The van der Waals surface area contributed by atoms with Crippen molar-refractivity contribution in [3.8, 4) is 11.1 Å². The van der Waals surface area contributed by atoms with Crippen molar-refractivity contribution < 1.29 is 4.79 Å². The molecule has 0 heterocycles. The van der Waals surface area contributed by atoms with E-state index < -0.39 is 0 Å². The smallest absolute Gasteiger partial charge is 0.251 e. The first-order valence-electron chi connectivity index (χ1n) is 6.95. The number of nitrogens with one attached hydrogen (secondary N) is 1. The Balaban J connectivity index is 2.03. The molecule has 2 aromatic rings. The van der Waals surface area contributed by atoms with Crippen LogP contribution >= 0.6 is 0 Å². The van der Waals surface area contributed by atoms with E-state index in [-0.39, 0.29) is 5.91 Å². The van der Waals surface area contributed by atoms with Crippen LogP contribution in [0, 0.1) is 0 Å². The quantitative estimate of drug-likeness (QED) is 0.827. The standard InChI is InChI=1S/C17H21N3O/c1-20(2)11-10-19-17(21)14-8-6-13(7-9-14)15-4-3-5-16(18)12-15/h3-9,12H,10-11,18H2,1-2H3,(H,19,21). The second kappa shape index (κ2) is 6.90. The number of nitrogens with two attached hydrogens (primary N) is 1. The Labute approximate surface area is 125 Å². The molecule has 0 aliphatic carbocycles. The first kappa shape index (κ1) is 15.1. The van der Waals surface area contributed by atoms with Crippen molar-refractivity contribution in [1.82, 2.24) is 10.2 Å². The van der Waals surface area contributed by atoms with Gasteiger partial charge in [-0.05, 0) is 49.5 Å². The molecule has 0 saturated carbocycles. The number of hydrogen-bond acceptors (Lipinski definition) is 3. The number of nitrogens with zero attached hydrogens (tertiary/aromatic N) is 1. The Hall–Kier alpha value is -2.33. The van der Waals surface area contributed by atoms with E-state index in [0.717, 1.165) is 23.4 Å². The van der Waals surface area contributed by atoms with Crippen molar-refractivity contribution in [2.24, 2.45) is 0 Å². The molecule has 21 heavy (non-hydrogen) atoms. The third-order valence-electron chi connectivity index (χ3n) is 3.21. The molecular formula is C17H21N3O. The lowest BCUT2D eigenvalue weighted by Crippen LogP contribution is -2.31. The summed E-state index contributed by atoms with van der Waals surface area (Å²) < 4.78 is 0. The number of rotatable bonds is 5. The lowest BCUT2D eigenvalue weighted by Gasteiger charge is -2.10. The van der Waals surface area contributed by atoms with Gasteiger partial charge in [-0.2, -0.15) is 0 Å². The number of hydrogen-bond donors (Lipinski definition) is 2. The molecule has 0 aliphatic rings. The molecule has 0 bridgehead atoms.